The first-order valence-corrected chi connectivity index (χ1v) is 13.7. The molecule has 2 heterocycles. The smallest absolute Gasteiger partial charge is 0.411 e. The lowest BCUT2D eigenvalue weighted by Gasteiger charge is -2.42. The minimum Gasteiger partial charge on any atom is -0.444 e. The van der Waals surface area contributed by atoms with E-state index in [0.717, 1.165) is 57.7 Å². The first-order chi connectivity index (χ1) is 16.6. The summed E-state index contributed by atoms with van der Waals surface area (Å²) in [4.78, 5) is 39.2. The third-order valence-corrected chi connectivity index (χ3v) is 7.27. The summed E-state index contributed by atoms with van der Waals surface area (Å²) < 4.78 is 10.8. The number of unbranched alkanes of at least 4 members (excludes halogenated alkanes) is 1. The lowest BCUT2D eigenvalue weighted by atomic mass is 9.82. The van der Waals surface area contributed by atoms with Crippen LogP contribution in [0.5, 0.6) is 0 Å². The van der Waals surface area contributed by atoms with E-state index in [2.05, 4.69) is 20.8 Å². The Hall–Kier alpha value is -1.83. The summed E-state index contributed by atoms with van der Waals surface area (Å²) in [5, 5.41) is 9.79. The van der Waals surface area contributed by atoms with E-state index >= 15 is 0 Å². The largest absolute Gasteiger partial charge is 0.444 e. The maximum atomic E-state index is 12.2. The van der Waals surface area contributed by atoms with E-state index in [1.54, 1.807) is 9.80 Å². The molecule has 210 valence electrons. The molecule has 2 aliphatic heterocycles. The highest BCUT2D eigenvalue weighted by molar-refractivity contribution is 5.77. The zero-order valence-corrected chi connectivity index (χ0v) is 24.3. The molecule has 2 rings (SSSR count). The van der Waals surface area contributed by atoms with Crippen LogP contribution in [-0.2, 0) is 14.3 Å². The molecule has 0 saturated carbocycles. The number of carbonyl (C=O) groups excluding carboxylic acids is 3. The van der Waals surface area contributed by atoms with Crippen LogP contribution in [0, 0.1) is 5.92 Å². The standard InChI is InChI=1S/C14H27NO3.C14H25NO3/c1-6-11(2)14(10-16)8-7-9-15(14)12(17)18-13(3,4)5;1-5-6-8-14(11-16)9-7-10-15(14)12(17)18-13(2,3)4/h11,16H,6-10H2,1-5H3;11H,5-10H2,1-4H3. The topological polar surface area (TPSA) is 96.4 Å². The molecule has 0 bridgehead atoms. The monoisotopic (exact) mass is 512 g/mol. The van der Waals surface area contributed by atoms with Crippen molar-refractivity contribution in [1.82, 2.24) is 9.80 Å². The van der Waals surface area contributed by atoms with Gasteiger partial charge in [-0.05, 0) is 79.6 Å². The van der Waals surface area contributed by atoms with Crippen LogP contribution < -0.4 is 0 Å². The van der Waals surface area contributed by atoms with Crippen LogP contribution in [0.4, 0.5) is 9.59 Å². The first-order valence-electron chi connectivity index (χ1n) is 13.7. The van der Waals surface area contributed by atoms with Crippen molar-refractivity contribution in [1.29, 1.82) is 0 Å². The van der Waals surface area contributed by atoms with Crippen LogP contribution >= 0.6 is 0 Å². The summed E-state index contributed by atoms with van der Waals surface area (Å²) in [6.07, 6.45) is 7.39. The summed E-state index contributed by atoms with van der Waals surface area (Å²) in [5.41, 5.74) is -2.06. The molecule has 0 radical (unpaired) electrons. The Bertz CT molecular complexity index is 729. The van der Waals surface area contributed by atoms with E-state index < -0.39 is 22.3 Å². The molecule has 0 aromatic heterocycles. The van der Waals surface area contributed by atoms with E-state index in [9.17, 15) is 19.5 Å². The van der Waals surface area contributed by atoms with Gasteiger partial charge in [0.25, 0.3) is 0 Å². The number of hydrogen-bond donors (Lipinski definition) is 1. The fourth-order valence-corrected chi connectivity index (χ4v) is 5.12. The summed E-state index contributed by atoms with van der Waals surface area (Å²) in [6, 6.07) is 0. The number of nitrogens with zero attached hydrogens (tertiary/aromatic N) is 2. The summed E-state index contributed by atoms with van der Waals surface area (Å²) >= 11 is 0. The second-order valence-corrected chi connectivity index (χ2v) is 12.4. The van der Waals surface area contributed by atoms with E-state index in [1.165, 1.54) is 0 Å². The number of amides is 2. The molecule has 3 unspecified atom stereocenters. The van der Waals surface area contributed by atoms with E-state index in [0.29, 0.717) is 13.1 Å². The minimum absolute atomic E-state index is 0.0151. The van der Waals surface area contributed by atoms with Gasteiger partial charge in [-0.15, -0.1) is 0 Å². The minimum atomic E-state index is -0.627. The highest BCUT2D eigenvalue weighted by atomic mass is 16.6. The van der Waals surface area contributed by atoms with E-state index in [1.807, 2.05) is 41.5 Å². The maximum Gasteiger partial charge on any atom is 0.411 e. The molecular weight excluding hydrogens is 460 g/mol. The van der Waals surface area contributed by atoms with Gasteiger partial charge in [0.15, 0.2) is 0 Å². The lowest BCUT2D eigenvalue weighted by Crippen LogP contribution is -2.55. The molecule has 0 aromatic carbocycles. The van der Waals surface area contributed by atoms with Crippen LogP contribution in [0.25, 0.3) is 0 Å². The van der Waals surface area contributed by atoms with Crippen LogP contribution in [0.2, 0.25) is 0 Å². The first kappa shape index (κ1) is 32.2. The van der Waals surface area contributed by atoms with Gasteiger partial charge >= 0.3 is 12.2 Å². The third kappa shape index (κ3) is 8.35. The average Bonchev–Trinajstić information content (AvgIpc) is 3.41. The molecule has 36 heavy (non-hydrogen) atoms. The van der Waals surface area contributed by atoms with Crippen LogP contribution in [0.1, 0.15) is 114 Å². The number of carbonyl (C=O) groups is 3. The SMILES string of the molecule is CCC(C)C1(CO)CCCN1C(=O)OC(C)(C)C.CCCCC1(C=O)CCCN1C(=O)OC(C)(C)C. The molecule has 2 saturated heterocycles. The van der Waals surface area contributed by atoms with Gasteiger partial charge in [0.1, 0.15) is 23.0 Å². The number of likely N-dealkylation sites (tertiary alicyclic amines) is 2. The van der Waals surface area contributed by atoms with Crippen molar-refractivity contribution in [2.75, 3.05) is 19.7 Å². The van der Waals surface area contributed by atoms with Crippen molar-refractivity contribution in [3.8, 4) is 0 Å². The quantitative estimate of drug-likeness (QED) is 0.424. The van der Waals surface area contributed by atoms with Gasteiger partial charge in [-0.2, -0.15) is 0 Å². The lowest BCUT2D eigenvalue weighted by molar-refractivity contribution is -0.117. The molecule has 8 heteroatoms. The zero-order valence-electron chi connectivity index (χ0n) is 24.3. The average molecular weight is 513 g/mol. The van der Waals surface area contributed by atoms with Crippen molar-refractivity contribution in [2.45, 2.75) is 136 Å². The van der Waals surface area contributed by atoms with E-state index in [-0.39, 0.29) is 24.7 Å². The molecular formula is C28H52N2O6. The molecule has 3 atom stereocenters. The van der Waals surface area contributed by atoms with Gasteiger partial charge in [0, 0.05) is 13.1 Å². The Morgan fingerprint density at radius 2 is 1.44 bits per heavy atom. The molecule has 2 aliphatic rings. The number of rotatable bonds is 7. The molecule has 2 fully saturated rings. The van der Waals surface area contributed by atoms with Gasteiger partial charge in [0.2, 0.25) is 0 Å². The number of aliphatic hydroxyl groups is 1. The second-order valence-electron chi connectivity index (χ2n) is 12.4. The summed E-state index contributed by atoms with van der Waals surface area (Å²) in [7, 11) is 0. The predicted molar refractivity (Wildman–Crippen MR) is 142 cm³/mol. The van der Waals surface area contributed by atoms with Crippen molar-refractivity contribution < 1.29 is 29.0 Å². The molecule has 1 N–H and O–H groups in total. The van der Waals surface area contributed by atoms with Gasteiger partial charge in [0.05, 0.1) is 12.1 Å². The normalized spacial score (nSPS) is 25.2. The van der Waals surface area contributed by atoms with Crippen molar-refractivity contribution in [3.63, 3.8) is 0 Å². The van der Waals surface area contributed by atoms with Gasteiger partial charge in [-0.25, -0.2) is 9.59 Å². The highest BCUT2D eigenvalue weighted by Crippen LogP contribution is 2.38. The predicted octanol–water partition coefficient (Wildman–Crippen LogP) is 5.94. The summed E-state index contributed by atoms with van der Waals surface area (Å²) in [6.45, 7) is 18.7. The number of aldehydes is 1. The highest BCUT2D eigenvalue weighted by Gasteiger charge is 2.48. The van der Waals surface area contributed by atoms with Crippen LogP contribution in [0.3, 0.4) is 0 Å². The molecule has 0 spiro atoms. The fraction of sp³-hybridized carbons (Fsp3) is 0.893. The fourth-order valence-electron chi connectivity index (χ4n) is 5.12. The number of aliphatic hydroxyl groups excluding tert-OH is 1. The zero-order chi connectivity index (χ0) is 27.8. The van der Waals surface area contributed by atoms with Gasteiger partial charge in [-0.3, -0.25) is 9.80 Å². The number of hydrogen-bond acceptors (Lipinski definition) is 6. The molecule has 0 aromatic rings. The van der Waals surface area contributed by atoms with Gasteiger partial charge in [-0.1, -0.05) is 40.0 Å². The van der Waals surface area contributed by atoms with Crippen LogP contribution in [-0.4, -0.2) is 75.4 Å². The molecule has 8 nitrogen and oxygen atoms in total. The number of ether oxygens (including phenoxy) is 2. The maximum absolute atomic E-state index is 12.2. The molecule has 0 aliphatic carbocycles. The van der Waals surface area contributed by atoms with Crippen molar-refractivity contribution in [2.24, 2.45) is 5.92 Å². The Labute approximate surface area is 219 Å². The summed E-state index contributed by atoms with van der Waals surface area (Å²) in [5.74, 6) is 0.275. The van der Waals surface area contributed by atoms with Crippen molar-refractivity contribution >= 4 is 18.5 Å². The van der Waals surface area contributed by atoms with E-state index in [4.69, 9.17) is 9.47 Å². The molecule has 2 amide bonds. The van der Waals surface area contributed by atoms with Gasteiger partial charge < -0.3 is 19.4 Å². The Kier molecular flexibility index (Phi) is 11.7. The third-order valence-electron chi connectivity index (χ3n) is 7.27. The van der Waals surface area contributed by atoms with Crippen molar-refractivity contribution in [3.05, 3.63) is 0 Å². The second kappa shape index (κ2) is 13.1. The Morgan fingerprint density at radius 3 is 1.89 bits per heavy atom. The van der Waals surface area contributed by atoms with Crippen LogP contribution in [0.15, 0.2) is 0 Å². The Morgan fingerprint density at radius 1 is 0.944 bits per heavy atom. The Balaban J connectivity index is 0.000000360.